The Bertz CT molecular complexity index is 1040. The number of carbonyl (C=O) groups is 1. The number of nitrogens with zero attached hydrogens (tertiary/aromatic N) is 2. The van der Waals surface area contributed by atoms with E-state index in [0.29, 0.717) is 34.1 Å². The topological polar surface area (TPSA) is 80.9 Å². The summed E-state index contributed by atoms with van der Waals surface area (Å²) in [5, 5.41) is 12.0. The highest BCUT2D eigenvalue weighted by Crippen LogP contribution is 2.35. The van der Waals surface area contributed by atoms with Gasteiger partial charge in [0.25, 0.3) is 0 Å². The molecule has 0 saturated heterocycles. The number of hydrogen-bond donors (Lipinski definition) is 2. The molecule has 0 fully saturated rings. The molecule has 1 unspecified atom stereocenters. The molecular weight excluding hydrogens is 449 g/mol. The lowest BCUT2D eigenvalue weighted by molar-refractivity contribution is -0.137. The number of hydrogen-bond acceptors (Lipinski definition) is 5. The van der Waals surface area contributed by atoms with Crippen molar-refractivity contribution in [2.45, 2.75) is 39.0 Å². The smallest absolute Gasteiger partial charge is 0.347 e. The van der Waals surface area contributed by atoms with Gasteiger partial charge in [0.2, 0.25) is 5.91 Å². The van der Waals surface area contributed by atoms with E-state index in [-0.39, 0.29) is 18.3 Å². The average Bonchev–Trinajstić information content (AvgIpc) is 3.17. The average molecular weight is 471 g/mol. The molecule has 0 saturated carbocycles. The number of rotatable bonds is 6. The molecule has 1 aromatic heterocycles. The molecule has 0 spiro atoms. The zero-order valence-corrected chi connectivity index (χ0v) is 18.5. The number of halogens is 4. The summed E-state index contributed by atoms with van der Waals surface area (Å²) in [7, 11) is 0. The summed E-state index contributed by atoms with van der Waals surface area (Å²) in [5.41, 5.74) is 7.68. The second-order valence-electron chi connectivity index (χ2n) is 7.01. The predicted octanol–water partition coefficient (Wildman–Crippen LogP) is 4.83. The summed E-state index contributed by atoms with van der Waals surface area (Å²) < 4.78 is 39.4. The summed E-state index contributed by atoms with van der Waals surface area (Å²) in [5.74, 6) is -0.231. The maximum atomic E-state index is 13.1. The van der Waals surface area contributed by atoms with Gasteiger partial charge < -0.3 is 11.1 Å². The van der Waals surface area contributed by atoms with Crippen molar-refractivity contribution >= 4 is 29.7 Å². The van der Waals surface area contributed by atoms with Crippen molar-refractivity contribution in [2.24, 2.45) is 5.73 Å². The lowest BCUT2D eigenvalue weighted by Crippen LogP contribution is -2.27. The van der Waals surface area contributed by atoms with Crippen LogP contribution in [0, 0.1) is 6.92 Å². The van der Waals surface area contributed by atoms with Crippen molar-refractivity contribution in [3.05, 3.63) is 69.7 Å². The standard InChI is InChI=1S/C21H21F3N4OS.ClH/c1-12-7-16(10-17(8-12)21(22,23)24)19-27-28-20(30-19)18(26-13(2)29)9-14-3-5-15(11-25)6-4-14;/h3-8,10,18H,9,11,25H2,1-2H3,(H,26,29);1H. The highest BCUT2D eigenvalue weighted by molar-refractivity contribution is 7.14. The highest BCUT2D eigenvalue weighted by atomic mass is 35.5. The van der Waals surface area contributed by atoms with Gasteiger partial charge in [-0.3, -0.25) is 4.79 Å². The van der Waals surface area contributed by atoms with E-state index in [2.05, 4.69) is 15.5 Å². The molecule has 2 aromatic carbocycles. The number of nitrogens with two attached hydrogens (primary N) is 1. The first kappa shape index (κ1) is 24.8. The number of benzene rings is 2. The van der Waals surface area contributed by atoms with E-state index in [1.807, 2.05) is 24.3 Å². The van der Waals surface area contributed by atoms with Crippen LogP contribution < -0.4 is 11.1 Å². The first-order valence-corrected chi connectivity index (χ1v) is 10.0. The van der Waals surface area contributed by atoms with Gasteiger partial charge in [0.05, 0.1) is 11.6 Å². The Balaban J connectivity index is 0.00000341. The van der Waals surface area contributed by atoms with E-state index in [1.165, 1.54) is 18.3 Å². The molecule has 3 N–H and O–H groups in total. The lowest BCUT2D eigenvalue weighted by atomic mass is 10.0. The molecular formula is C21H22ClF3N4OS. The van der Waals surface area contributed by atoms with Gasteiger partial charge in [-0.15, -0.1) is 22.6 Å². The molecule has 3 aromatic rings. The fourth-order valence-corrected chi connectivity index (χ4v) is 3.94. The van der Waals surface area contributed by atoms with Crippen molar-refractivity contribution in [1.29, 1.82) is 0 Å². The van der Waals surface area contributed by atoms with E-state index < -0.39 is 17.8 Å². The molecule has 31 heavy (non-hydrogen) atoms. The maximum Gasteiger partial charge on any atom is 0.416 e. The highest BCUT2D eigenvalue weighted by Gasteiger charge is 2.31. The molecule has 0 aliphatic heterocycles. The summed E-state index contributed by atoms with van der Waals surface area (Å²) >= 11 is 1.17. The quantitative estimate of drug-likeness (QED) is 0.540. The summed E-state index contributed by atoms with van der Waals surface area (Å²) in [6.45, 7) is 3.44. The predicted molar refractivity (Wildman–Crippen MR) is 117 cm³/mol. The third-order valence-electron chi connectivity index (χ3n) is 4.47. The van der Waals surface area contributed by atoms with E-state index in [4.69, 9.17) is 5.73 Å². The van der Waals surface area contributed by atoms with E-state index in [1.54, 1.807) is 13.0 Å². The van der Waals surface area contributed by atoms with E-state index in [9.17, 15) is 18.0 Å². The van der Waals surface area contributed by atoms with Crippen LogP contribution in [0.2, 0.25) is 0 Å². The minimum absolute atomic E-state index is 0. The second-order valence-corrected chi connectivity index (χ2v) is 8.02. The van der Waals surface area contributed by atoms with Gasteiger partial charge in [-0.2, -0.15) is 13.2 Å². The lowest BCUT2D eigenvalue weighted by Gasteiger charge is -2.15. The number of carbonyl (C=O) groups excluding carboxylic acids is 1. The van der Waals surface area contributed by atoms with Crippen LogP contribution in [0.3, 0.4) is 0 Å². The molecule has 5 nitrogen and oxygen atoms in total. The molecule has 10 heteroatoms. The van der Waals surface area contributed by atoms with Crippen LogP contribution in [-0.2, 0) is 23.9 Å². The van der Waals surface area contributed by atoms with Crippen LogP contribution in [0.5, 0.6) is 0 Å². The first-order valence-electron chi connectivity index (χ1n) is 9.23. The van der Waals surface area contributed by atoms with E-state index >= 15 is 0 Å². The normalized spacial score (nSPS) is 12.2. The van der Waals surface area contributed by atoms with Crippen LogP contribution >= 0.6 is 23.7 Å². The summed E-state index contributed by atoms with van der Waals surface area (Å²) in [4.78, 5) is 11.7. The zero-order chi connectivity index (χ0) is 21.9. The first-order chi connectivity index (χ1) is 14.2. The fourth-order valence-electron chi connectivity index (χ4n) is 3.05. The van der Waals surface area contributed by atoms with Gasteiger partial charge in [-0.25, -0.2) is 0 Å². The Morgan fingerprint density at radius 1 is 1.13 bits per heavy atom. The van der Waals surface area contributed by atoms with Crippen LogP contribution in [0.25, 0.3) is 10.6 Å². The molecule has 1 heterocycles. The number of aromatic nitrogens is 2. The summed E-state index contributed by atoms with van der Waals surface area (Å²) in [6.07, 6.45) is -3.97. The SMILES string of the molecule is CC(=O)NC(Cc1ccc(CN)cc1)c1nnc(-c2cc(C)cc(C(F)(F)F)c2)s1.Cl. The van der Waals surface area contributed by atoms with Crippen LogP contribution in [-0.4, -0.2) is 16.1 Å². The van der Waals surface area contributed by atoms with Crippen molar-refractivity contribution in [2.75, 3.05) is 0 Å². The molecule has 1 atom stereocenters. The van der Waals surface area contributed by atoms with E-state index in [0.717, 1.165) is 23.3 Å². The molecule has 1 amide bonds. The molecule has 3 rings (SSSR count). The van der Waals surface area contributed by atoms with Crippen molar-refractivity contribution in [3.63, 3.8) is 0 Å². The van der Waals surface area contributed by atoms with Crippen LogP contribution in [0.4, 0.5) is 13.2 Å². The van der Waals surface area contributed by atoms with Crippen LogP contribution in [0.15, 0.2) is 42.5 Å². The monoisotopic (exact) mass is 470 g/mol. The molecule has 0 aliphatic carbocycles. The Morgan fingerprint density at radius 3 is 2.35 bits per heavy atom. The summed E-state index contributed by atoms with van der Waals surface area (Å²) in [6, 6.07) is 11.0. The molecule has 0 aliphatic rings. The number of aryl methyl sites for hydroxylation is 1. The molecule has 0 radical (unpaired) electrons. The van der Waals surface area contributed by atoms with Crippen molar-refractivity contribution < 1.29 is 18.0 Å². The second kappa shape index (κ2) is 10.2. The van der Waals surface area contributed by atoms with Gasteiger partial charge in [0.1, 0.15) is 10.0 Å². The Hall–Kier alpha value is -2.49. The Morgan fingerprint density at radius 2 is 1.77 bits per heavy atom. The van der Waals surface area contributed by atoms with Crippen LogP contribution in [0.1, 0.15) is 40.2 Å². The molecule has 0 bridgehead atoms. The third kappa shape index (κ3) is 6.49. The maximum absolute atomic E-state index is 13.1. The minimum Gasteiger partial charge on any atom is -0.347 e. The Labute approximate surface area is 188 Å². The van der Waals surface area contributed by atoms with Gasteiger partial charge >= 0.3 is 6.18 Å². The van der Waals surface area contributed by atoms with Crippen molar-refractivity contribution in [3.8, 4) is 10.6 Å². The zero-order valence-electron chi connectivity index (χ0n) is 16.9. The third-order valence-corrected chi connectivity index (χ3v) is 5.55. The Kier molecular flexibility index (Phi) is 8.16. The number of amides is 1. The van der Waals surface area contributed by atoms with Crippen molar-refractivity contribution in [1.82, 2.24) is 15.5 Å². The number of alkyl halides is 3. The van der Waals surface area contributed by atoms with Gasteiger partial charge in [-0.05, 0) is 48.2 Å². The molecule has 166 valence electrons. The van der Waals surface area contributed by atoms with Gasteiger partial charge in [-0.1, -0.05) is 35.6 Å². The van der Waals surface area contributed by atoms with Gasteiger partial charge in [0.15, 0.2) is 0 Å². The minimum atomic E-state index is -4.44. The van der Waals surface area contributed by atoms with Gasteiger partial charge in [0, 0.05) is 19.0 Å². The largest absolute Gasteiger partial charge is 0.416 e. The number of nitrogens with one attached hydrogen (secondary N) is 1. The fraction of sp³-hybridized carbons (Fsp3) is 0.286.